The zero-order chi connectivity index (χ0) is 20.8. The molecule has 2 aliphatic heterocycles. The molecule has 1 saturated heterocycles. The molecule has 3 aromatic heterocycles. The van der Waals surface area contributed by atoms with Crippen LogP contribution in [0.1, 0.15) is 11.3 Å². The van der Waals surface area contributed by atoms with E-state index in [1.165, 1.54) is 11.3 Å². The van der Waals surface area contributed by atoms with Gasteiger partial charge in [-0.05, 0) is 30.5 Å². The molecule has 8 nitrogen and oxygen atoms in total. The lowest BCUT2D eigenvalue weighted by atomic mass is 10.1. The Hall–Kier alpha value is -3.23. The first-order valence-corrected chi connectivity index (χ1v) is 10.8. The van der Waals surface area contributed by atoms with Crippen LogP contribution in [0.4, 0.5) is 5.82 Å². The minimum Gasteiger partial charge on any atom is -0.378 e. The van der Waals surface area contributed by atoms with Crippen molar-refractivity contribution in [2.45, 2.75) is 13.0 Å². The highest BCUT2D eigenvalue weighted by atomic mass is 16.5. The highest BCUT2D eigenvalue weighted by molar-refractivity contribution is 5.91. The van der Waals surface area contributed by atoms with Crippen molar-refractivity contribution in [1.82, 2.24) is 29.9 Å². The highest BCUT2D eigenvalue weighted by Gasteiger charge is 2.26. The molecular formula is C23H25N7O. The number of anilines is 1. The van der Waals surface area contributed by atoms with Crippen molar-refractivity contribution >= 4 is 16.6 Å². The van der Waals surface area contributed by atoms with Crippen molar-refractivity contribution in [2.24, 2.45) is 7.05 Å². The normalized spacial score (nSPS) is 16.6. The minimum atomic E-state index is 0.759. The number of fused-ring (bicyclic) bond motifs is 2. The van der Waals surface area contributed by atoms with Crippen LogP contribution in [0.5, 0.6) is 0 Å². The average Bonchev–Trinajstić information content (AvgIpc) is 3.43. The summed E-state index contributed by atoms with van der Waals surface area (Å²) in [5.74, 6) is 1.11. The summed E-state index contributed by atoms with van der Waals surface area (Å²) in [6.07, 6.45) is 6.80. The molecule has 158 valence electrons. The lowest BCUT2D eigenvalue weighted by Crippen LogP contribution is -2.37. The molecule has 1 aromatic carbocycles. The summed E-state index contributed by atoms with van der Waals surface area (Å²) >= 11 is 0. The van der Waals surface area contributed by atoms with Crippen LogP contribution in [0.2, 0.25) is 0 Å². The molecule has 5 heterocycles. The van der Waals surface area contributed by atoms with Crippen LogP contribution in [0, 0.1) is 0 Å². The largest absolute Gasteiger partial charge is 0.378 e. The molecule has 0 spiro atoms. The van der Waals surface area contributed by atoms with E-state index in [1.54, 1.807) is 4.68 Å². The van der Waals surface area contributed by atoms with Gasteiger partial charge in [0, 0.05) is 55.6 Å². The number of hydrogen-bond donors (Lipinski definition) is 1. The lowest BCUT2D eigenvalue weighted by Gasteiger charge is -2.28. The molecule has 0 bridgehead atoms. The van der Waals surface area contributed by atoms with Crippen molar-refractivity contribution in [1.29, 1.82) is 0 Å². The maximum atomic E-state index is 5.56. The Kier molecular flexibility index (Phi) is 4.47. The molecule has 2 aliphatic rings. The Morgan fingerprint density at radius 1 is 1.13 bits per heavy atom. The number of rotatable bonds is 3. The first-order chi connectivity index (χ1) is 15.3. The van der Waals surface area contributed by atoms with Crippen molar-refractivity contribution in [3.63, 3.8) is 0 Å². The predicted molar refractivity (Wildman–Crippen MR) is 120 cm³/mol. The standard InChI is InChI=1S/C23H25N7O/c1-28-15-17(12-26-28)20-11-16-3-2-4-21(19(16)13-25-20)30-22-14-24-6-5-18(22)23(27-30)29-7-9-31-10-8-29/h2-4,11-13,15,24H,5-10,14H2,1H3. The summed E-state index contributed by atoms with van der Waals surface area (Å²) in [6.45, 7) is 5.11. The van der Waals surface area contributed by atoms with E-state index in [9.17, 15) is 0 Å². The summed E-state index contributed by atoms with van der Waals surface area (Å²) in [6, 6.07) is 8.51. The molecule has 0 saturated carbocycles. The lowest BCUT2D eigenvalue weighted by molar-refractivity contribution is 0.122. The fourth-order valence-corrected chi connectivity index (χ4v) is 4.61. The highest BCUT2D eigenvalue weighted by Crippen LogP contribution is 2.32. The molecular weight excluding hydrogens is 390 g/mol. The number of ether oxygens (including phenoxy) is 1. The zero-order valence-electron chi connectivity index (χ0n) is 17.6. The smallest absolute Gasteiger partial charge is 0.154 e. The van der Waals surface area contributed by atoms with Gasteiger partial charge in [0.15, 0.2) is 5.82 Å². The second-order valence-corrected chi connectivity index (χ2v) is 8.16. The van der Waals surface area contributed by atoms with Crippen LogP contribution >= 0.6 is 0 Å². The third-order valence-electron chi connectivity index (χ3n) is 6.19. The van der Waals surface area contributed by atoms with Crippen LogP contribution in [0.3, 0.4) is 0 Å². The van der Waals surface area contributed by atoms with E-state index in [-0.39, 0.29) is 0 Å². The molecule has 0 radical (unpaired) electrons. The molecule has 1 N–H and O–H groups in total. The number of nitrogens with one attached hydrogen (secondary N) is 1. The quantitative estimate of drug-likeness (QED) is 0.554. The SMILES string of the molecule is Cn1cc(-c2cc3cccc(-n4nc(N5CCOCC5)c5c4CNCC5)c3cn2)cn1. The number of hydrogen-bond acceptors (Lipinski definition) is 6. The fourth-order valence-electron chi connectivity index (χ4n) is 4.61. The first kappa shape index (κ1) is 18.5. The molecule has 1 fully saturated rings. The van der Waals surface area contributed by atoms with E-state index in [4.69, 9.17) is 14.8 Å². The van der Waals surface area contributed by atoms with Gasteiger partial charge < -0.3 is 15.0 Å². The number of aryl methyl sites for hydroxylation is 1. The molecule has 0 amide bonds. The Morgan fingerprint density at radius 2 is 2.03 bits per heavy atom. The van der Waals surface area contributed by atoms with Crippen LogP contribution in [-0.2, 0) is 24.8 Å². The second-order valence-electron chi connectivity index (χ2n) is 8.16. The third kappa shape index (κ3) is 3.19. The van der Waals surface area contributed by atoms with Gasteiger partial charge in [-0.25, -0.2) is 4.68 Å². The van der Waals surface area contributed by atoms with Gasteiger partial charge in [0.25, 0.3) is 0 Å². The van der Waals surface area contributed by atoms with E-state index in [0.29, 0.717) is 0 Å². The second kappa shape index (κ2) is 7.47. The van der Waals surface area contributed by atoms with Gasteiger partial charge >= 0.3 is 0 Å². The van der Waals surface area contributed by atoms with Gasteiger partial charge in [0.2, 0.25) is 0 Å². The molecule has 0 atom stereocenters. The van der Waals surface area contributed by atoms with Crippen molar-refractivity contribution in [3.8, 4) is 16.9 Å². The van der Waals surface area contributed by atoms with Crippen LogP contribution in [-0.4, -0.2) is 57.4 Å². The molecule has 0 unspecified atom stereocenters. The van der Waals surface area contributed by atoms with E-state index in [1.807, 2.05) is 25.6 Å². The summed E-state index contributed by atoms with van der Waals surface area (Å²) in [4.78, 5) is 7.12. The van der Waals surface area contributed by atoms with Crippen LogP contribution in [0.15, 0.2) is 42.9 Å². The number of aromatic nitrogens is 5. The number of pyridine rings is 1. The summed E-state index contributed by atoms with van der Waals surface area (Å²) in [5, 5.41) is 15.2. The van der Waals surface area contributed by atoms with E-state index < -0.39 is 0 Å². The van der Waals surface area contributed by atoms with Gasteiger partial charge in [0.1, 0.15) is 0 Å². The van der Waals surface area contributed by atoms with Crippen molar-refractivity contribution in [2.75, 3.05) is 37.7 Å². The molecule has 4 aromatic rings. The summed E-state index contributed by atoms with van der Waals surface area (Å²) < 4.78 is 9.49. The molecule has 0 aliphatic carbocycles. The fraction of sp³-hybridized carbons (Fsp3) is 0.348. The molecule has 6 rings (SSSR count). The van der Waals surface area contributed by atoms with Gasteiger partial charge in [-0.15, -0.1) is 5.10 Å². The predicted octanol–water partition coefficient (Wildman–Crippen LogP) is 2.30. The van der Waals surface area contributed by atoms with E-state index >= 15 is 0 Å². The van der Waals surface area contributed by atoms with Crippen molar-refractivity contribution < 1.29 is 4.74 Å². The topological polar surface area (TPSA) is 73.0 Å². The Morgan fingerprint density at radius 3 is 2.87 bits per heavy atom. The minimum absolute atomic E-state index is 0.759. The molecule has 31 heavy (non-hydrogen) atoms. The summed E-state index contributed by atoms with van der Waals surface area (Å²) in [7, 11) is 1.92. The maximum Gasteiger partial charge on any atom is 0.154 e. The van der Waals surface area contributed by atoms with Crippen LogP contribution in [0.25, 0.3) is 27.7 Å². The van der Waals surface area contributed by atoms with Gasteiger partial charge in [-0.2, -0.15) is 5.10 Å². The Labute approximate surface area is 180 Å². The van der Waals surface area contributed by atoms with Gasteiger partial charge in [-0.1, -0.05) is 12.1 Å². The van der Waals surface area contributed by atoms with E-state index in [2.05, 4.69) is 44.3 Å². The van der Waals surface area contributed by atoms with Gasteiger partial charge in [0.05, 0.1) is 36.5 Å². The first-order valence-electron chi connectivity index (χ1n) is 10.8. The Balaban J connectivity index is 1.48. The summed E-state index contributed by atoms with van der Waals surface area (Å²) in [5.41, 5.74) is 5.62. The number of nitrogens with zero attached hydrogens (tertiary/aromatic N) is 6. The number of benzene rings is 1. The monoisotopic (exact) mass is 415 g/mol. The van der Waals surface area contributed by atoms with Crippen LogP contribution < -0.4 is 10.2 Å². The zero-order valence-corrected chi connectivity index (χ0v) is 17.6. The number of morpholine rings is 1. The Bertz CT molecular complexity index is 1250. The van der Waals surface area contributed by atoms with Gasteiger partial charge in [-0.3, -0.25) is 9.67 Å². The van der Waals surface area contributed by atoms with Crippen molar-refractivity contribution in [3.05, 3.63) is 54.1 Å². The molecule has 8 heteroatoms. The average molecular weight is 416 g/mol. The van der Waals surface area contributed by atoms with E-state index in [0.717, 1.165) is 79.3 Å². The maximum absolute atomic E-state index is 5.56. The third-order valence-corrected chi connectivity index (χ3v) is 6.19.